The third-order valence-corrected chi connectivity index (χ3v) is 4.46. The third-order valence-electron chi connectivity index (χ3n) is 4.46. The zero-order valence-electron chi connectivity index (χ0n) is 16.0. The van der Waals surface area contributed by atoms with Crippen LogP contribution in [-0.2, 0) is 21.7 Å². The summed E-state index contributed by atoms with van der Waals surface area (Å²) in [6.07, 6.45) is -1.84. The van der Waals surface area contributed by atoms with Crippen LogP contribution in [-0.4, -0.2) is 24.3 Å². The van der Waals surface area contributed by atoms with Gasteiger partial charge in [-0.05, 0) is 37.6 Å². The molecule has 0 aliphatic carbocycles. The van der Waals surface area contributed by atoms with Crippen molar-refractivity contribution in [2.45, 2.75) is 44.7 Å². The highest BCUT2D eigenvalue weighted by Gasteiger charge is 2.57. The van der Waals surface area contributed by atoms with Crippen molar-refractivity contribution in [1.82, 2.24) is 5.32 Å². The normalized spacial score (nSPS) is 20.4. The Hall–Kier alpha value is -2.85. The summed E-state index contributed by atoms with van der Waals surface area (Å²) >= 11 is 0. The Morgan fingerprint density at radius 1 is 1.52 bits per heavy atom. The average Bonchev–Trinajstić information content (AvgIpc) is 3.01. The number of hydrogen-bond acceptors (Lipinski definition) is 6. The number of ether oxygens (including phenoxy) is 2. The van der Waals surface area contributed by atoms with E-state index >= 15 is 0 Å². The first-order chi connectivity index (χ1) is 13.5. The standard InChI is InChI=1S/C19H23F3N4O3/c1-4-16(24)17(27)26-13(8-23)9-25-11(2)29-14-6-5-12-10-28-18(3,15(12)7-14)19(20,21)22/h5-9,16H,2,4,10,23-24H2,1,3H3,(H,26,27)/b13-8+,25-9?/t16-,18?/m1/s1. The molecule has 2 atom stereocenters. The largest absolute Gasteiger partial charge is 0.440 e. The van der Waals surface area contributed by atoms with Gasteiger partial charge in [-0.1, -0.05) is 13.0 Å². The molecule has 1 aromatic rings. The number of nitrogens with two attached hydrogens (primary N) is 2. The molecule has 1 aliphatic heterocycles. The van der Waals surface area contributed by atoms with Gasteiger partial charge in [0, 0.05) is 11.8 Å². The van der Waals surface area contributed by atoms with Gasteiger partial charge in [-0.2, -0.15) is 13.2 Å². The van der Waals surface area contributed by atoms with E-state index < -0.39 is 23.7 Å². The predicted molar refractivity (Wildman–Crippen MR) is 102 cm³/mol. The first-order valence-corrected chi connectivity index (χ1v) is 8.75. The van der Waals surface area contributed by atoms with Crippen LogP contribution in [0.2, 0.25) is 0 Å². The maximum Gasteiger partial charge on any atom is 0.421 e. The molecule has 0 fully saturated rings. The topological polar surface area (TPSA) is 112 Å². The molecule has 1 aromatic carbocycles. The smallest absolute Gasteiger partial charge is 0.421 e. The predicted octanol–water partition coefficient (Wildman–Crippen LogP) is 2.57. The zero-order valence-corrected chi connectivity index (χ0v) is 16.0. The first kappa shape index (κ1) is 22.4. The van der Waals surface area contributed by atoms with Crippen LogP contribution >= 0.6 is 0 Å². The average molecular weight is 412 g/mol. The summed E-state index contributed by atoms with van der Waals surface area (Å²) in [6, 6.07) is 3.54. The molecular weight excluding hydrogens is 389 g/mol. The number of nitrogens with one attached hydrogen (secondary N) is 1. The maximum atomic E-state index is 13.4. The fraction of sp³-hybridized carbons (Fsp3) is 0.368. The lowest BCUT2D eigenvalue weighted by Gasteiger charge is -2.27. The number of benzene rings is 1. The van der Waals surface area contributed by atoms with E-state index in [1.807, 2.05) is 0 Å². The molecule has 1 unspecified atom stereocenters. The summed E-state index contributed by atoms with van der Waals surface area (Å²) in [7, 11) is 0. The van der Waals surface area contributed by atoms with Gasteiger partial charge in [0.2, 0.25) is 11.8 Å². The Morgan fingerprint density at radius 3 is 2.79 bits per heavy atom. The second-order valence-electron chi connectivity index (χ2n) is 6.52. The van der Waals surface area contributed by atoms with Crippen LogP contribution < -0.4 is 21.5 Å². The molecule has 10 heteroatoms. The Kier molecular flexibility index (Phi) is 6.70. The Labute approximate surface area is 166 Å². The monoisotopic (exact) mass is 412 g/mol. The quantitative estimate of drug-likeness (QED) is 0.471. The molecule has 5 N–H and O–H groups in total. The number of carbonyl (C=O) groups excluding carboxylic acids is 1. The molecular formula is C19H23F3N4O3. The van der Waals surface area contributed by atoms with Crippen LogP contribution in [0.15, 0.2) is 47.6 Å². The summed E-state index contributed by atoms with van der Waals surface area (Å²) in [6.45, 7) is 6.17. The van der Waals surface area contributed by atoms with Crippen molar-refractivity contribution < 1.29 is 27.4 Å². The summed E-state index contributed by atoms with van der Waals surface area (Å²) in [5.74, 6) is -0.444. The molecule has 0 spiro atoms. The minimum Gasteiger partial charge on any atom is -0.440 e. The number of alkyl halides is 3. The number of rotatable bonds is 7. The summed E-state index contributed by atoms with van der Waals surface area (Å²) in [5.41, 5.74) is 9.20. The molecule has 29 heavy (non-hydrogen) atoms. The Morgan fingerprint density at radius 2 is 2.21 bits per heavy atom. The number of hydrogen-bond donors (Lipinski definition) is 3. The number of allylic oxidation sites excluding steroid dienone is 1. The molecule has 0 radical (unpaired) electrons. The van der Waals surface area contributed by atoms with Crippen molar-refractivity contribution in [2.24, 2.45) is 16.5 Å². The summed E-state index contributed by atoms with van der Waals surface area (Å²) in [4.78, 5) is 15.7. The lowest BCUT2D eigenvalue weighted by atomic mass is 9.93. The van der Waals surface area contributed by atoms with E-state index in [4.69, 9.17) is 20.9 Å². The van der Waals surface area contributed by atoms with Crippen LogP contribution in [0.5, 0.6) is 5.75 Å². The first-order valence-electron chi connectivity index (χ1n) is 8.75. The van der Waals surface area contributed by atoms with Gasteiger partial charge in [0.05, 0.1) is 24.6 Å². The number of halogens is 3. The number of carbonyl (C=O) groups is 1. The van der Waals surface area contributed by atoms with Gasteiger partial charge in [-0.25, -0.2) is 4.99 Å². The minimum absolute atomic E-state index is 0.0253. The van der Waals surface area contributed by atoms with Crippen LogP contribution in [0.4, 0.5) is 13.2 Å². The van der Waals surface area contributed by atoms with E-state index in [2.05, 4.69) is 16.9 Å². The van der Waals surface area contributed by atoms with Gasteiger partial charge >= 0.3 is 6.18 Å². The van der Waals surface area contributed by atoms with Gasteiger partial charge in [0.15, 0.2) is 5.60 Å². The highest BCUT2D eigenvalue weighted by molar-refractivity contribution is 5.90. The number of fused-ring (bicyclic) bond motifs is 1. The third kappa shape index (κ3) is 4.96. The van der Waals surface area contributed by atoms with Crippen LogP contribution in [0.25, 0.3) is 0 Å². The SMILES string of the molecule is C=C(N=C/C(=C\N)NC(=O)[C@H](N)CC)Oc1ccc2c(c1)C(C)(C(F)(F)F)OC2. The molecule has 2 rings (SSSR count). The second-order valence-corrected chi connectivity index (χ2v) is 6.52. The minimum atomic E-state index is -4.58. The van der Waals surface area contributed by atoms with Gasteiger partial charge in [0.1, 0.15) is 5.75 Å². The van der Waals surface area contributed by atoms with Crippen molar-refractivity contribution >= 4 is 12.1 Å². The van der Waals surface area contributed by atoms with Gasteiger partial charge in [-0.15, -0.1) is 0 Å². The fourth-order valence-corrected chi connectivity index (χ4v) is 2.56. The van der Waals surface area contributed by atoms with E-state index in [1.54, 1.807) is 6.92 Å². The van der Waals surface area contributed by atoms with Crippen molar-refractivity contribution in [1.29, 1.82) is 0 Å². The molecule has 1 amide bonds. The fourth-order valence-electron chi connectivity index (χ4n) is 2.56. The number of amides is 1. The number of aliphatic imine (C=N–C) groups is 1. The van der Waals surface area contributed by atoms with E-state index in [9.17, 15) is 18.0 Å². The van der Waals surface area contributed by atoms with Crippen LogP contribution in [0.1, 0.15) is 31.4 Å². The molecule has 1 aliphatic rings. The zero-order chi connectivity index (χ0) is 21.8. The van der Waals surface area contributed by atoms with E-state index in [-0.39, 0.29) is 29.5 Å². The van der Waals surface area contributed by atoms with E-state index in [0.29, 0.717) is 12.0 Å². The van der Waals surface area contributed by atoms with Gasteiger partial charge in [0.25, 0.3) is 0 Å². The highest BCUT2D eigenvalue weighted by atomic mass is 19.4. The molecule has 158 valence electrons. The molecule has 0 saturated heterocycles. The van der Waals surface area contributed by atoms with Crippen LogP contribution in [0, 0.1) is 0 Å². The molecule has 0 aromatic heterocycles. The van der Waals surface area contributed by atoms with Gasteiger partial charge < -0.3 is 26.3 Å². The Balaban J connectivity index is 2.09. The van der Waals surface area contributed by atoms with Gasteiger partial charge in [-0.3, -0.25) is 4.79 Å². The van der Waals surface area contributed by atoms with Crippen molar-refractivity contribution in [2.75, 3.05) is 0 Å². The lowest BCUT2D eigenvalue weighted by molar-refractivity contribution is -0.272. The maximum absolute atomic E-state index is 13.4. The van der Waals surface area contributed by atoms with Crippen molar-refractivity contribution in [3.63, 3.8) is 0 Å². The second kappa shape index (κ2) is 8.66. The lowest BCUT2D eigenvalue weighted by Crippen LogP contribution is -2.40. The molecule has 0 bridgehead atoms. The number of nitrogens with zero attached hydrogens (tertiary/aromatic N) is 1. The van der Waals surface area contributed by atoms with Crippen molar-refractivity contribution in [3.8, 4) is 5.75 Å². The van der Waals surface area contributed by atoms with Crippen LogP contribution in [0.3, 0.4) is 0 Å². The Bertz CT molecular complexity index is 852. The van der Waals surface area contributed by atoms with E-state index in [0.717, 1.165) is 13.1 Å². The summed E-state index contributed by atoms with van der Waals surface area (Å²) in [5, 5.41) is 2.48. The molecule has 1 heterocycles. The molecule has 7 nitrogen and oxygen atoms in total. The van der Waals surface area contributed by atoms with Crippen molar-refractivity contribution in [3.05, 3.63) is 53.7 Å². The van der Waals surface area contributed by atoms with E-state index in [1.165, 1.54) is 24.4 Å². The highest BCUT2D eigenvalue weighted by Crippen LogP contribution is 2.48. The summed E-state index contributed by atoms with van der Waals surface area (Å²) < 4.78 is 50.5. The molecule has 0 saturated carbocycles.